The first-order chi connectivity index (χ1) is 14.5. The number of ether oxygens (including phenoxy) is 1. The fraction of sp³-hybridized carbons (Fsp3) is 0.333. The van der Waals surface area contributed by atoms with Gasteiger partial charge >= 0.3 is 5.97 Å². The zero-order chi connectivity index (χ0) is 21.1. The first-order valence-corrected chi connectivity index (χ1v) is 11.1. The molecule has 1 aliphatic rings. The minimum atomic E-state index is -0.727. The van der Waals surface area contributed by atoms with E-state index in [-0.39, 0.29) is 5.92 Å². The Morgan fingerprint density at radius 1 is 1.27 bits per heavy atom. The first kappa shape index (κ1) is 20.7. The summed E-state index contributed by atoms with van der Waals surface area (Å²) in [5, 5.41) is 9.51. The smallest absolute Gasteiger partial charge is 0.306 e. The molecule has 2 atom stereocenters. The number of aliphatic carboxylic acids is 1. The molecule has 2 unspecified atom stereocenters. The molecular formula is C24H26N2O3S. The Kier molecular flexibility index (Phi) is 5.97. The van der Waals surface area contributed by atoms with Gasteiger partial charge in [-0.25, -0.2) is 4.98 Å². The van der Waals surface area contributed by atoms with Crippen molar-refractivity contribution in [1.82, 2.24) is 9.55 Å². The van der Waals surface area contributed by atoms with E-state index in [9.17, 15) is 9.90 Å². The van der Waals surface area contributed by atoms with E-state index >= 15 is 0 Å². The number of nitrogens with zero attached hydrogens (tertiary/aromatic N) is 2. The predicted octanol–water partition coefficient (Wildman–Crippen LogP) is 5.45. The Morgan fingerprint density at radius 3 is 2.73 bits per heavy atom. The third-order valence-corrected chi connectivity index (χ3v) is 6.88. The Morgan fingerprint density at radius 2 is 2.07 bits per heavy atom. The number of hydrogen-bond donors (Lipinski definition) is 1. The average Bonchev–Trinajstić information content (AvgIpc) is 3.20. The van der Waals surface area contributed by atoms with Crippen LogP contribution in [0.1, 0.15) is 37.6 Å². The van der Waals surface area contributed by atoms with Crippen LogP contribution in [0.5, 0.6) is 0 Å². The number of aromatic nitrogens is 2. The topological polar surface area (TPSA) is 64.4 Å². The molecule has 0 spiro atoms. The van der Waals surface area contributed by atoms with Crippen molar-refractivity contribution in [2.75, 3.05) is 6.61 Å². The highest BCUT2D eigenvalue weighted by molar-refractivity contribution is 7.99. The number of benzene rings is 2. The van der Waals surface area contributed by atoms with Gasteiger partial charge in [0, 0.05) is 34.5 Å². The second-order valence-electron chi connectivity index (χ2n) is 7.69. The van der Waals surface area contributed by atoms with Crippen molar-refractivity contribution in [1.29, 1.82) is 0 Å². The molecule has 30 heavy (non-hydrogen) atoms. The van der Waals surface area contributed by atoms with Crippen molar-refractivity contribution in [3.8, 4) is 5.69 Å². The second-order valence-corrected chi connectivity index (χ2v) is 8.84. The summed E-state index contributed by atoms with van der Waals surface area (Å²) in [4.78, 5) is 18.1. The quantitative estimate of drug-likeness (QED) is 0.572. The van der Waals surface area contributed by atoms with Crippen molar-refractivity contribution in [3.05, 3.63) is 72.3 Å². The molecule has 1 saturated heterocycles. The van der Waals surface area contributed by atoms with Gasteiger partial charge in [0.25, 0.3) is 0 Å². The van der Waals surface area contributed by atoms with Crippen LogP contribution in [-0.4, -0.2) is 27.2 Å². The average molecular weight is 423 g/mol. The van der Waals surface area contributed by atoms with Crippen LogP contribution >= 0.6 is 11.8 Å². The number of imidazole rings is 1. The van der Waals surface area contributed by atoms with E-state index in [1.165, 1.54) is 0 Å². The zero-order valence-electron chi connectivity index (χ0n) is 17.2. The van der Waals surface area contributed by atoms with E-state index in [0.29, 0.717) is 19.4 Å². The fourth-order valence-electron chi connectivity index (χ4n) is 4.12. The summed E-state index contributed by atoms with van der Waals surface area (Å²) in [5.41, 5.74) is 1.62. The molecule has 0 radical (unpaired) electrons. The number of aryl methyl sites for hydroxylation is 1. The van der Waals surface area contributed by atoms with Gasteiger partial charge in [0.1, 0.15) is 5.82 Å². The molecule has 2 heterocycles. The van der Waals surface area contributed by atoms with Crippen LogP contribution in [0.4, 0.5) is 0 Å². The maximum Gasteiger partial charge on any atom is 0.306 e. The summed E-state index contributed by atoms with van der Waals surface area (Å²) in [6.07, 6.45) is 5.61. The maximum absolute atomic E-state index is 11.6. The minimum absolute atomic E-state index is 0.353. The van der Waals surface area contributed by atoms with Crippen molar-refractivity contribution < 1.29 is 14.6 Å². The second kappa shape index (κ2) is 8.66. The van der Waals surface area contributed by atoms with Crippen LogP contribution in [0, 0.1) is 12.8 Å². The monoisotopic (exact) mass is 422 g/mol. The number of carboxylic acid groups (broad SMARTS) is 1. The highest BCUT2D eigenvalue weighted by Gasteiger charge is 2.40. The van der Waals surface area contributed by atoms with E-state index in [0.717, 1.165) is 33.3 Å². The van der Waals surface area contributed by atoms with E-state index in [1.807, 2.05) is 19.2 Å². The molecule has 0 bridgehead atoms. The largest absolute Gasteiger partial charge is 0.481 e. The van der Waals surface area contributed by atoms with Gasteiger partial charge < -0.3 is 14.4 Å². The highest BCUT2D eigenvalue weighted by atomic mass is 32.2. The van der Waals surface area contributed by atoms with Crippen LogP contribution in [0.3, 0.4) is 0 Å². The molecule has 1 aromatic heterocycles. The normalized spacial score (nSPS) is 21.5. The lowest BCUT2D eigenvalue weighted by Crippen LogP contribution is -2.39. The van der Waals surface area contributed by atoms with Crippen LogP contribution in [0.15, 0.2) is 70.7 Å². The molecule has 156 valence electrons. The number of hydrogen-bond acceptors (Lipinski definition) is 4. The van der Waals surface area contributed by atoms with Gasteiger partial charge in [-0.05, 0) is 68.1 Å². The van der Waals surface area contributed by atoms with Crippen molar-refractivity contribution >= 4 is 17.7 Å². The van der Waals surface area contributed by atoms with Gasteiger partial charge in [0.2, 0.25) is 0 Å². The van der Waals surface area contributed by atoms with Gasteiger partial charge in [-0.15, -0.1) is 0 Å². The van der Waals surface area contributed by atoms with Crippen molar-refractivity contribution in [2.45, 2.75) is 48.5 Å². The third-order valence-electron chi connectivity index (χ3n) is 5.88. The molecule has 5 nitrogen and oxygen atoms in total. The molecule has 6 heteroatoms. The molecule has 0 aliphatic carbocycles. The van der Waals surface area contributed by atoms with Crippen LogP contribution in [-0.2, 0) is 15.1 Å². The first-order valence-electron chi connectivity index (χ1n) is 10.3. The Labute approximate surface area is 181 Å². The fourth-order valence-corrected chi connectivity index (χ4v) is 5.00. The minimum Gasteiger partial charge on any atom is -0.481 e. The molecular weight excluding hydrogens is 396 g/mol. The van der Waals surface area contributed by atoms with Gasteiger partial charge in [0.05, 0.1) is 11.5 Å². The van der Waals surface area contributed by atoms with Crippen molar-refractivity contribution in [3.63, 3.8) is 0 Å². The van der Waals surface area contributed by atoms with Crippen LogP contribution in [0.25, 0.3) is 5.69 Å². The zero-order valence-corrected chi connectivity index (χ0v) is 18.1. The Balaban J connectivity index is 1.55. The molecule has 1 N–H and O–H groups in total. The summed E-state index contributed by atoms with van der Waals surface area (Å²) in [5.74, 6) is -0.121. The lowest BCUT2D eigenvalue weighted by molar-refractivity contribution is -0.156. The van der Waals surface area contributed by atoms with E-state index in [1.54, 1.807) is 18.0 Å². The van der Waals surface area contributed by atoms with Crippen molar-refractivity contribution in [2.24, 2.45) is 5.92 Å². The summed E-state index contributed by atoms with van der Waals surface area (Å²) in [7, 11) is 0. The summed E-state index contributed by atoms with van der Waals surface area (Å²) < 4.78 is 8.23. The van der Waals surface area contributed by atoms with Gasteiger partial charge in [-0.2, -0.15) is 0 Å². The summed E-state index contributed by atoms with van der Waals surface area (Å²) in [6, 6.07) is 16.7. The molecule has 1 aliphatic heterocycles. The number of carbonyl (C=O) groups is 1. The third kappa shape index (κ3) is 4.16. The van der Waals surface area contributed by atoms with Crippen LogP contribution < -0.4 is 0 Å². The molecule has 0 amide bonds. The van der Waals surface area contributed by atoms with E-state index in [4.69, 9.17) is 4.74 Å². The predicted molar refractivity (Wildman–Crippen MR) is 117 cm³/mol. The lowest BCUT2D eigenvalue weighted by atomic mass is 9.79. The Bertz CT molecular complexity index is 1030. The maximum atomic E-state index is 11.6. The van der Waals surface area contributed by atoms with E-state index in [2.05, 4.69) is 58.9 Å². The van der Waals surface area contributed by atoms with Gasteiger partial charge in [-0.1, -0.05) is 30.8 Å². The lowest BCUT2D eigenvalue weighted by Gasteiger charge is -2.39. The molecule has 0 saturated carbocycles. The molecule has 1 fully saturated rings. The number of carboxylic acids is 1. The summed E-state index contributed by atoms with van der Waals surface area (Å²) in [6.45, 7) is 4.54. The number of rotatable bonds is 6. The molecule has 3 aromatic rings. The van der Waals surface area contributed by atoms with Gasteiger partial charge in [-0.3, -0.25) is 4.79 Å². The van der Waals surface area contributed by atoms with E-state index < -0.39 is 11.6 Å². The Hall–Kier alpha value is -2.57. The summed E-state index contributed by atoms with van der Waals surface area (Å²) >= 11 is 1.70. The molecule has 4 rings (SSSR count). The highest BCUT2D eigenvalue weighted by Crippen LogP contribution is 2.42. The SMILES string of the molecule is CCC1(c2cccc(Sc3ccc(-n4ccnc4C)cc3)c2)CC(C(=O)O)CCO1. The standard InChI is InChI=1S/C24H26N2O3S/c1-3-24(16-18(23(27)28)11-14-29-24)19-5-4-6-22(15-19)30-21-9-7-20(8-10-21)26-13-12-25-17(26)2/h4-10,12-13,15,18H,3,11,14,16H2,1-2H3,(H,27,28). The van der Waals surface area contributed by atoms with Crippen LogP contribution in [0.2, 0.25) is 0 Å². The molecule has 2 aromatic carbocycles. The van der Waals surface area contributed by atoms with Gasteiger partial charge in [0.15, 0.2) is 0 Å².